The molecule has 2 aromatic carbocycles. The van der Waals surface area contributed by atoms with Crippen LogP contribution in [0.4, 0.5) is 10.6 Å². The third-order valence-electron chi connectivity index (χ3n) is 5.33. The maximum absolute atomic E-state index is 12.1. The number of carbonyl (C=O) groups excluding carboxylic acids is 1. The molecule has 1 fully saturated rings. The quantitative estimate of drug-likeness (QED) is 0.641. The van der Waals surface area contributed by atoms with Gasteiger partial charge < -0.3 is 20.1 Å². The van der Waals surface area contributed by atoms with Gasteiger partial charge in [0.05, 0.1) is 23.7 Å². The topological polar surface area (TPSA) is 87.6 Å². The fourth-order valence-electron chi connectivity index (χ4n) is 3.77. The van der Waals surface area contributed by atoms with E-state index in [0.717, 1.165) is 35.2 Å². The fourth-order valence-corrected chi connectivity index (χ4v) is 3.77. The lowest BCUT2D eigenvalue weighted by Crippen LogP contribution is -2.38. The lowest BCUT2D eigenvalue weighted by Gasteiger charge is -2.21. The lowest BCUT2D eigenvalue weighted by atomic mass is 10.1. The molecule has 7 heteroatoms. The highest BCUT2D eigenvalue weighted by Gasteiger charge is 2.27. The maximum Gasteiger partial charge on any atom is 0.407 e. The molecule has 1 aliphatic heterocycles. The number of hydrogen-bond donors (Lipinski definition) is 2. The van der Waals surface area contributed by atoms with E-state index in [1.54, 1.807) is 12.1 Å². The molecule has 1 saturated heterocycles. The van der Waals surface area contributed by atoms with Crippen LogP contribution in [0.25, 0.3) is 22.3 Å². The standard InChI is InChI=1S/C24H28N4O3/c1-15(2)14-31-24(30)25-17-10-11-28(13-17)23-18-9-8-16(3)12-20(18)26-22(27-23)19-6-4-5-7-21(19)29/h4-9,12,15,17,29H,10-11,13-14H2,1-3H3,(H,25,30). The van der Waals surface area contributed by atoms with Gasteiger partial charge in [0.25, 0.3) is 0 Å². The van der Waals surface area contributed by atoms with Crippen LogP contribution in [0, 0.1) is 12.8 Å². The third-order valence-corrected chi connectivity index (χ3v) is 5.33. The first-order valence-corrected chi connectivity index (χ1v) is 10.7. The Kier molecular flexibility index (Phi) is 5.93. The zero-order chi connectivity index (χ0) is 22.0. The predicted molar refractivity (Wildman–Crippen MR) is 121 cm³/mol. The lowest BCUT2D eigenvalue weighted by molar-refractivity contribution is 0.130. The average molecular weight is 421 g/mol. The molecular formula is C24H28N4O3. The second-order valence-electron chi connectivity index (χ2n) is 8.48. The minimum absolute atomic E-state index is 0.0105. The van der Waals surface area contributed by atoms with E-state index in [4.69, 9.17) is 14.7 Å². The Morgan fingerprint density at radius 2 is 2.06 bits per heavy atom. The molecule has 31 heavy (non-hydrogen) atoms. The number of para-hydroxylation sites is 1. The van der Waals surface area contributed by atoms with E-state index in [1.165, 1.54) is 0 Å². The molecule has 2 heterocycles. The first-order chi connectivity index (χ1) is 14.9. The highest BCUT2D eigenvalue weighted by atomic mass is 16.5. The number of phenols is 1. The zero-order valence-corrected chi connectivity index (χ0v) is 18.1. The highest BCUT2D eigenvalue weighted by molar-refractivity contribution is 5.92. The Labute approximate surface area is 182 Å². The van der Waals surface area contributed by atoms with Crippen LogP contribution in [0.1, 0.15) is 25.8 Å². The molecule has 0 saturated carbocycles. The van der Waals surface area contributed by atoms with Gasteiger partial charge in [0.15, 0.2) is 5.82 Å². The highest BCUT2D eigenvalue weighted by Crippen LogP contribution is 2.33. The van der Waals surface area contributed by atoms with Crippen molar-refractivity contribution in [2.24, 2.45) is 5.92 Å². The summed E-state index contributed by atoms with van der Waals surface area (Å²) in [5, 5.41) is 14.2. The SMILES string of the molecule is Cc1ccc2c(N3CCC(NC(=O)OCC(C)C)C3)nc(-c3ccccc3O)nc2c1. The normalized spacial score (nSPS) is 16.1. The Morgan fingerprint density at radius 1 is 1.26 bits per heavy atom. The van der Waals surface area contributed by atoms with Crippen molar-refractivity contribution in [3.05, 3.63) is 48.0 Å². The smallest absolute Gasteiger partial charge is 0.407 e. The van der Waals surface area contributed by atoms with Crippen LogP contribution < -0.4 is 10.2 Å². The van der Waals surface area contributed by atoms with Crippen LogP contribution >= 0.6 is 0 Å². The summed E-state index contributed by atoms with van der Waals surface area (Å²) in [6, 6.07) is 13.2. The second-order valence-corrected chi connectivity index (χ2v) is 8.48. The molecule has 1 aromatic heterocycles. The number of amides is 1. The van der Waals surface area contributed by atoms with E-state index in [2.05, 4.69) is 10.2 Å². The van der Waals surface area contributed by atoms with E-state index in [0.29, 0.717) is 30.5 Å². The molecule has 1 atom stereocenters. The molecule has 2 N–H and O–H groups in total. The van der Waals surface area contributed by atoms with Gasteiger partial charge >= 0.3 is 6.09 Å². The van der Waals surface area contributed by atoms with Gasteiger partial charge in [-0.15, -0.1) is 0 Å². The van der Waals surface area contributed by atoms with Crippen molar-refractivity contribution < 1.29 is 14.6 Å². The van der Waals surface area contributed by atoms with Gasteiger partial charge in [0.2, 0.25) is 0 Å². The number of nitrogens with one attached hydrogen (secondary N) is 1. The molecule has 7 nitrogen and oxygen atoms in total. The van der Waals surface area contributed by atoms with Crippen molar-refractivity contribution in [1.82, 2.24) is 15.3 Å². The number of hydrogen-bond acceptors (Lipinski definition) is 6. The first-order valence-electron chi connectivity index (χ1n) is 10.7. The van der Waals surface area contributed by atoms with Crippen molar-refractivity contribution in [3.63, 3.8) is 0 Å². The number of rotatable bonds is 5. The van der Waals surface area contributed by atoms with Crippen LogP contribution in [0.5, 0.6) is 5.75 Å². The van der Waals surface area contributed by atoms with Gasteiger partial charge in [-0.3, -0.25) is 0 Å². The van der Waals surface area contributed by atoms with Crippen LogP contribution in [-0.4, -0.2) is 46.9 Å². The van der Waals surface area contributed by atoms with E-state index < -0.39 is 0 Å². The molecule has 1 amide bonds. The molecule has 0 aliphatic carbocycles. The molecule has 3 aromatic rings. The summed E-state index contributed by atoms with van der Waals surface area (Å²) in [7, 11) is 0. The van der Waals surface area contributed by atoms with E-state index in [-0.39, 0.29) is 17.9 Å². The Balaban J connectivity index is 1.63. The van der Waals surface area contributed by atoms with Gasteiger partial charge in [-0.2, -0.15) is 0 Å². The first kappa shape index (κ1) is 20.9. The summed E-state index contributed by atoms with van der Waals surface area (Å²) >= 11 is 0. The third kappa shape index (κ3) is 4.71. The molecule has 0 bridgehead atoms. The fraction of sp³-hybridized carbons (Fsp3) is 0.375. The molecule has 0 radical (unpaired) electrons. The average Bonchev–Trinajstić information content (AvgIpc) is 3.19. The van der Waals surface area contributed by atoms with Crippen molar-refractivity contribution in [1.29, 1.82) is 0 Å². The summed E-state index contributed by atoms with van der Waals surface area (Å²) in [6.45, 7) is 7.84. The Bertz CT molecular complexity index is 1100. The number of phenolic OH excluding ortho intramolecular Hbond substituents is 1. The van der Waals surface area contributed by atoms with Crippen LogP contribution in [-0.2, 0) is 4.74 Å². The minimum atomic E-state index is -0.376. The van der Waals surface area contributed by atoms with Crippen molar-refractivity contribution in [2.75, 3.05) is 24.6 Å². The van der Waals surface area contributed by atoms with E-state index in [1.807, 2.05) is 51.1 Å². The largest absolute Gasteiger partial charge is 0.507 e. The monoisotopic (exact) mass is 420 g/mol. The van der Waals surface area contributed by atoms with Crippen molar-refractivity contribution >= 4 is 22.8 Å². The number of alkyl carbamates (subject to hydrolysis) is 1. The zero-order valence-electron chi connectivity index (χ0n) is 18.1. The number of anilines is 1. The van der Waals surface area contributed by atoms with Gasteiger partial charge in [-0.25, -0.2) is 14.8 Å². The van der Waals surface area contributed by atoms with Gasteiger partial charge in [-0.1, -0.05) is 32.0 Å². The second kappa shape index (κ2) is 8.79. The van der Waals surface area contributed by atoms with Gasteiger partial charge in [0.1, 0.15) is 11.6 Å². The number of aromatic nitrogens is 2. The predicted octanol–water partition coefficient (Wildman–Crippen LogP) is 4.27. The van der Waals surface area contributed by atoms with E-state index in [9.17, 15) is 9.90 Å². The summed E-state index contributed by atoms with van der Waals surface area (Å²) in [5.74, 6) is 1.74. The molecule has 1 unspecified atom stereocenters. The number of benzene rings is 2. The van der Waals surface area contributed by atoms with Crippen molar-refractivity contribution in [3.8, 4) is 17.1 Å². The molecular weight excluding hydrogens is 392 g/mol. The van der Waals surface area contributed by atoms with Gasteiger partial charge in [0, 0.05) is 18.5 Å². The molecule has 162 valence electrons. The van der Waals surface area contributed by atoms with Crippen molar-refractivity contribution in [2.45, 2.75) is 33.2 Å². The summed E-state index contributed by atoms with van der Waals surface area (Å²) in [5.41, 5.74) is 2.53. The Hall–Kier alpha value is -3.35. The number of ether oxygens (including phenoxy) is 1. The number of fused-ring (bicyclic) bond motifs is 1. The summed E-state index contributed by atoms with van der Waals surface area (Å²) in [4.78, 5) is 23.8. The summed E-state index contributed by atoms with van der Waals surface area (Å²) < 4.78 is 5.26. The van der Waals surface area contributed by atoms with Gasteiger partial charge in [-0.05, 0) is 49.1 Å². The number of carbonyl (C=O) groups is 1. The maximum atomic E-state index is 12.1. The summed E-state index contributed by atoms with van der Waals surface area (Å²) in [6.07, 6.45) is 0.429. The van der Waals surface area contributed by atoms with Crippen LogP contribution in [0.3, 0.4) is 0 Å². The number of aryl methyl sites for hydroxylation is 1. The molecule has 0 spiro atoms. The van der Waals surface area contributed by atoms with Crippen LogP contribution in [0.15, 0.2) is 42.5 Å². The van der Waals surface area contributed by atoms with Crippen LogP contribution in [0.2, 0.25) is 0 Å². The molecule has 1 aliphatic rings. The van der Waals surface area contributed by atoms with E-state index >= 15 is 0 Å². The number of nitrogens with zero attached hydrogens (tertiary/aromatic N) is 3. The minimum Gasteiger partial charge on any atom is -0.507 e. The Morgan fingerprint density at radius 3 is 2.84 bits per heavy atom. The molecule has 4 rings (SSSR count). The number of aromatic hydroxyl groups is 1.